The van der Waals surface area contributed by atoms with Gasteiger partial charge in [-0.15, -0.1) is 0 Å². The minimum absolute atomic E-state index is 0.348. The highest BCUT2D eigenvalue weighted by atomic mass is 35.5. The summed E-state index contributed by atoms with van der Waals surface area (Å²) in [5, 5.41) is 1.17. The third-order valence-corrected chi connectivity index (χ3v) is 2.28. The molecule has 0 saturated carbocycles. The topological polar surface area (TPSA) is 26.0 Å². The first-order valence-electron chi connectivity index (χ1n) is 3.76. The van der Waals surface area contributed by atoms with Crippen LogP contribution in [0.5, 0.6) is 0 Å². The molecular formula is C9H11Cl2N. The molecule has 0 aliphatic heterocycles. The Hall–Kier alpha value is -0.400. The normalized spacial score (nSPS) is 10.8. The van der Waals surface area contributed by atoms with Gasteiger partial charge in [0, 0.05) is 5.02 Å². The lowest BCUT2D eigenvalue weighted by Crippen LogP contribution is -1.97. The number of nitrogen functional groups attached to an aromatic ring is 1. The first-order valence-corrected chi connectivity index (χ1v) is 4.52. The highest BCUT2D eigenvalue weighted by Gasteiger charge is 2.08. The molecule has 0 fully saturated rings. The number of rotatable bonds is 1. The van der Waals surface area contributed by atoms with Crippen LogP contribution in [0.25, 0.3) is 0 Å². The third kappa shape index (κ3) is 1.85. The van der Waals surface area contributed by atoms with Gasteiger partial charge in [0.25, 0.3) is 0 Å². The fourth-order valence-electron chi connectivity index (χ4n) is 1.08. The van der Waals surface area contributed by atoms with Crippen LogP contribution in [0.4, 0.5) is 5.69 Å². The average Bonchev–Trinajstić information content (AvgIpc) is 1.96. The molecule has 0 unspecified atom stereocenters. The van der Waals surface area contributed by atoms with Crippen LogP contribution in [0.2, 0.25) is 10.0 Å². The number of halogens is 2. The summed E-state index contributed by atoms with van der Waals surface area (Å²) >= 11 is 11.7. The number of hydrogen-bond acceptors (Lipinski definition) is 1. The van der Waals surface area contributed by atoms with Crippen LogP contribution in [-0.4, -0.2) is 0 Å². The molecule has 3 heteroatoms. The molecule has 0 aliphatic rings. The van der Waals surface area contributed by atoms with E-state index >= 15 is 0 Å². The maximum Gasteiger partial charge on any atom is 0.0653 e. The number of nitrogens with two attached hydrogens (primary N) is 1. The summed E-state index contributed by atoms with van der Waals surface area (Å²) in [6.45, 7) is 4.11. The van der Waals surface area contributed by atoms with Crippen molar-refractivity contribution in [3.05, 3.63) is 27.7 Å². The van der Waals surface area contributed by atoms with E-state index in [0.717, 1.165) is 5.56 Å². The van der Waals surface area contributed by atoms with Crippen molar-refractivity contribution in [1.29, 1.82) is 0 Å². The highest BCUT2D eigenvalue weighted by Crippen LogP contribution is 2.31. The molecule has 0 spiro atoms. The Labute approximate surface area is 82.5 Å². The van der Waals surface area contributed by atoms with E-state index in [1.165, 1.54) is 0 Å². The van der Waals surface area contributed by atoms with Crippen molar-refractivity contribution in [1.82, 2.24) is 0 Å². The van der Waals surface area contributed by atoms with Crippen molar-refractivity contribution in [3.8, 4) is 0 Å². The second-order valence-corrected chi connectivity index (χ2v) is 3.89. The maximum absolute atomic E-state index is 5.85. The van der Waals surface area contributed by atoms with Crippen LogP contribution in [0.15, 0.2) is 12.1 Å². The Bertz CT molecular complexity index is 295. The van der Waals surface area contributed by atoms with E-state index in [-0.39, 0.29) is 0 Å². The Kier molecular flexibility index (Phi) is 2.86. The van der Waals surface area contributed by atoms with Crippen molar-refractivity contribution in [3.63, 3.8) is 0 Å². The summed E-state index contributed by atoms with van der Waals surface area (Å²) in [5.74, 6) is 0.348. The van der Waals surface area contributed by atoms with Gasteiger partial charge in [0.1, 0.15) is 0 Å². The second kappa shape index (κ2) is 3.55. The molecule has 0 heterocycles. The zero-order valence-corrected chi connectivity index (χ0v) is 8.58. The molecule has 1 nitrogen and oxygen atoms in total. The summed E-state index contributed by atoms with van der Waals surface area (Å²) < 4.78 is 0. The second-order valence-electron chi connectivity index (χ2n) is 3.05. The maximum atomic E-state index is 5.85. The molecule has 66 valence electrons. The SMILES string of the molecule is CC(C)c1cc(Cl)cc(Cl)c1N. The average molecular weight is 204 g/mol. The monoisotopic (exact) mass is 203 g/mol. The summed E-state index contributed by atoms with van der Waals surface area (Å²) in [7, 11) is 0. The van der Waals surface area contributed by atoms with Crippen molar-refractivity contribution >= 4 is 28.9 Å². The van der Waals surface area contributed by atoms with Gasteiger partial charge in [-0.1, -0.05) is 37.0 Å². The minimum Gasteiger partial charge on any atom is -0.397 e. The zero-order chi connectivity index (χ0) is 9.30. The molecule has 2 N–H and O–H groups in total. The molecule has 1 aromatic rings. The molecule has 0 amide bonds. The Morgan fingerprint density at radius 3 is 2.33 bits per heavy atom. The van der Waals surface area contributed by atoms with Gasteiger partial charge < -0.3 is 5.73 Å². The van der Waals surface area contributed by atoms with Crippen molar-refractivity contribution in [2.24, 2.45) is 0 Å². The standard InChI is InChI=1S/C9H11Cl2N/c1-5(2)7-3-6(10)4-8(11)9(7)12/h3-5H,12H2,1-2H3. The first-order chi connectivity index (χ1) is 5.52. The van der Waals surface area contributed by atoms with Crippen LogP contribution < -0.4 is 5.73 Å². The quantitative estimate of drug-likeness (QED) is 0.693. The summed E-state index contributed by atoms with van der Waals surface area (Å²) in [6, 6.07) is 3.51. The lowest BCUT2D eigenvalue weighted by atomic mass is 10.0. The molecule has 0 atom stereocenters. The number of anilines is 1. The van der Waals surface area contributed by atoms with Gasteiger partial charge in [-0.25, -0.2) is 0 Å². The number of hydrogen-bond donors (Lipinski definition) is 1. The van der Waals surface area contributed by atoms with Gasteiger partial charge in [-0.3, -0.25) is 0 Å². The van der Waals surface area contributed by atoms with E-state index in [2.05, 4.69) is 13.8 Å². The summed E-state index contributed by atoms with van der Waals surface area (Å²) in [5.41, 5.74) is 7.40. The molecule has 0 saturated heterocycles. The Morgan fingerprint density at radius 1 is 1.25 bits per heavy atom. The zero-order valence-electron chi connectivity index (χ0n) is 7.07. The van der Waals surface area contributed by atoms with Crippen LogP contribution in [0.3, 0.4) is 0 Å². The molecule has 0 bridgehead atoms. The highest BCUT2D eigenvalue weighted by molar-refractivity contribution is 6.36. The van der Waals surface area contributed by atoms with E-state index in [9.17, 15) is 0 Å². The Morgan fingerprint density at radius 2 is 1.83 bits per heavy atom. The summed E-state index contributed by atoms with van der Waals surface area (Å²) in [4.78, 5) is 0. The molecule has 12 heavy (non-hydrogen) atoms. The molecule has 0 aromatic heterocycles. The van der Waals surface area contributed by atoms with Crippen LogP contribution in [0, 0.1) is 0 Å². The van der Waals surface area contributed by atoms with Crippen molar-refractivity contribution in [2.45, 2.75) is 19.8 Å². The predicted molar refractivity (Wildman–Crippen MR) is 55.0 cm³/mol. The van der Waals surface area contributed by atoms with Crippen molar-refractivity contribution < 1.29 is 0 Å². The fourth-order valence-corrected chi connectivity index (χ4v) is 1.59. The predicted octanol–water partition coefficient (Wildman–Crippen LogP) is 3.70. The summed E-state index contributed by atoms with van der Waals surface area (Å²) in [6.07, 6.45) is 0. The molecule has 1 rings (SSSR count). The first kappa shape index (κ1) is 9.69. The third-order valence-electron chi connectivity index (χ3n) is 1.75. The van der Waals surface area contributed by atoms with Crippen molar-refractivity contribution in [2.75, 3.05) is 5.73 Å². The fraction of sp³-hybridized carbons (Fsp3) is 0.333. The largest absolute Gasteiger partial charge is 0.397 e. The lowest BCUT2D eigenvalue weighted by molar-refractivity contribution is 0.870. The Balaban J connectivity index is 3.28. The van der Waals surface area contributed by atoms with Gasteiger partial charge in [0.15, 0.2) is 0 Å². The van der Waals surface area contributed by atoms with Gasteiger partial charge in [-0.2, -0.15) is 0 Å². The minimum atomic E-state index is 0.348. The molecule has 0 aliphatic carbocycles. The van der Waals surface area contributed by atoms with E-state index in [1.54, 1.807) is 6.07 Å². The van der Waals surface area contributed by atoms with Crippen LogP contribution >= 0.6 is 23.2 Å². The van der Waals surface area contributed by atoms with E-state index in [4.69, 9.17) is 28.9 Å². The molecular weight excluding hydrogens is 193 g/mol. The van der Waals surface area contributed by atoms with E-state index in [1.807, 2.05) is 6.07 Å². The molecule has 0 radical (unpaired) electrons. The van der Waals surface area contributed by atoms with Crippen LogP contribution in [0.1, 0.15) is 25.3 Å². The molecule has 1 aromatic carbocycles. The van der Waals surface area contributed by atoms with E-state index < -0.39 is 0 Å². The van der Waals surface area contributed by atoms with Crippen LogP contribution in [-0.2, 0) is 0 Å². The number of benzene rings is 1. The smallest absolute Gasteiger partial charge is 0.0653 e. The van der Waals surface area contributed by atoms with Gasteiger partial charge in [-0.05, 0) is 23.6 Å². The van der Waals surface area contributed by atoms with Gasteiger partial charge in [0.2, 0.25) is 0 Å². The lowest BCUT2D eigenvalue weighted by Gasteiger charge is -2.10. The van der Waals surface area contributed by atoms with E-state index in [0.29, 0.717) is 21.7 Å². The van der Waals surface area contributed by atoms with Gasteiger partial charge in [0.05, 0.1) is 10.7 Å². The van der Waals surface area contributed by atoms with Gasteiger partial charge >= 0.3 is 0 Å².